The lowest BCUT2D eigenvalue weighted by molar-refractivity contribution is 0.759. The van der Waals surface area contributed by atoms with E-state index in [1.165, 1.54) is 16.8 Å². The first-order valence-electron chi connectivity index (χ1n) is 7.86. The molecule has 0 saturated heterocycles. The fourth-order valence-electron chi connectivity index (χ4n) is 2.09. The average Bonchev–Trinajstić information content (AvgIpc) is 2.60. The third kappa shape index (κ3) is 5.60. The molecule has 2 N–H and O–H groups in total. The van der Waals surface area contributed by atoms with Crippen molar-refractivity contribution in [1.82, 2.24) is 10.6 Å². The van der Waals surface area contributed by atoms with Gasteiger partial charge in [0.1, 0.15) is 0 Å². The van der Waals surface area contributed by atoms with Gasteiger partial charge in [0.2, 0.25) is 0 Å². The molecule has 1 aliphatic rings. The summed E-state index contributed by atoms with van der Waals surface area (Å²) in [6.07, 6.45) is 8.46. The summed E-state index contributed by atoms with van der Waals surface area (Å²) in [6, 6.07) is 10.7. The molecule has 2 nitrogen and oxygen atoms in total. The lowest BCUT2D eigenvalue weighted by atomic mass is 9.96. The molecule has 0 bridgehead atoms. The Hall–Kier alpha value is -1.80. The van der Waals surface area contributed by atoms with Crippen molar-refractivity contribution in [3.8, 4) is 0 Å². The van der Waals surface area contributed by atoms with Gasteiger partial charge >= 0.3 is 0 Å². The van der Waals surface area contributed by atoms with Crippen molar-refractivity contribution >= 4 is 5.70 Å². The van der Waals surface area contributed by atoms with Crippen LogP contribution in [0.25, 0.3) is 5.70 Å². The molecule has 0 fully saturated rings. The molecule has 1 aromatic carbocycles. The van der Waals surface area contributed by atoms with Crippen molar-refractivity contribution in [2.24, 2.45) is 0 Å². The second-order valence-electron chi connectivity index (χ2n) is 3.96. The van der Waals surface area contributed by atoms with Gasteiger partial charge in [-0.05, 0) is 18.2 Å². The third-order valence-corrected chi connectivity index (χ3v) is 2.94. The number of allylic oxidation sites excluding steroid dienone is 2. The SMILES string of the molecule is CC.CC.CN/C(=C1/C=CC=CC1NC)c1ccccc1. The first-order valence-corrected chi connectivity index (χ1v) is 7.86. The summed E-state index contributed by atoms with van der Waals surface area (Å²) in [6.45, 7) is 8.00. The summed E-state index contributed by atoms with van der Waals surface area (Å²) in [5.41, 5.74) is 3.65. The van der Waals surface area contributed by atoms with Crippen molar-refractivity contribution < 1.29 is 0 Å². The van der Waals surface area contributed by atoms with Gasteiger partial charge in [-0.3, -0.25) is 0 Å². The van der Waals surface area contributed by atoms with Crippen LogP contribution in [-0.4, -0.2) is 20.1 Å². The summed E-state index contributed by atoms with van der Waals surface area (Å²) in [5, 5.41) is 6.61. The quantitative estimate of drug-likeness (QED) is 0.861. The minimum atomic E-state index is 0.266. The van der Waals surface area contributed by atoms with Gasteiger partial charge in [0.05, 0.1) is 6.04 Å². The van der Waals surface area contributed by atoms with Crippen LogP contribution in [0.1, 0.15) is 33.3 Å². The van der Waals surface area contributed by atoms with Crippen LogP contribution in [0, 0.1) is 0 Å². The second kappa shape index (κ2) is 12.0. The zero-order valence-corrected chi connectivity index (χ0v) is 14.3. The molecule has 2 rings (SSSR count). The highest BCUT2D eigenvalue weighted by Gasteiger charge is 2.14. The second-order valence-corrected chi connectivity index (χ2v) is 3.96. The van der Waals surface area contributed by atoms with Crippen molar-refractivity contribution in [2.75, 3.05) is 14.1 Å². The largest absolute Gasteiger partial charge is 0.387 e. The Morgan fingerprint density at radius 1 is 0.905 bits per heavy atom. The van der Waals surface area contributed by atoms with Crippen LogP contribution >= 0.6 is 0 Å². The molecule has 0 aromatic heterocycles. The van der Waals surface area contributed by atoms with E-state index in [0.29, 0.717) is 0 Å². The molecular weight excluding hydrogens is 256 g/mol. The van der Waals surface area contributed by atoms with E-state index < -0.39 is 0 Å². The zero-order valence-electron chi connectivity index (χ0n) is 14.3. The predicted octanol–water partition coefficient (Wildman–Crippen LogP) is 4.38. The van der Waals surface area contributed by atoms with Gasteiger partial charge in [0.15, 0.2) is 0 Å². The van der Waals surface area contributed by atoms with E-state index in [4.69, 9.17) is 0 Å². The number of rotatable bonds is 3. The molecule has 0 heterocycles. The molecule has 0 aliphatic heterocycles. The molecule has 1 aliphatic carbocycles. The van der Waals surface area contributed by atoms with Gasteiger partial charge in [0, 0.05) is 12.7 Å². The van der Waals surface area contributed by atoms with Crippen LogP contribution in [0.4, 0.5) is 0 Å². The topological polar surface area (TPSA) is 24.1 Å². The normalized spacial score (nSPS) is 17.9. The minimum absolute atomic E-state index is 0.266. The number of hydrogen-bond acceptors (Lipinski definition) is 2. The maximum absolute atomic E-state index is 3.31. The van der Waals surface area contributed by atoms with Gasteiger partial charge in [-0.25, -0.2) is 0 Å². The van der Waals surface area contributed by atoms with E-state index in [0.717, 1.165) is 0 Å². The molecule has 0 saturated carbocycles. The Morgan fingerprint density at radius 2 is 1.52 bits per heavy atom. The average molecular weight is 286 g/mol. The highest BCUT2D eigenvalue weighted by molar-refractivity contribution is 5.71. The van der Waals surface area contributed by atoms with E-state index in [-0.39, 0.29) is 6.04 Å². The summed E-state index contributed by atoms with van der Waals surface area (Å²) in [5.74, 6) is 0. The fourth-order valence-corrected chi connectivity index (χ4v) is 2.09. The lowest BCUT2D eigenvalue weighted by Gasteiger charge is -2.21. The molecular formula is C19H30N2. The van der Waals surface area contributed by atoms with Crippen LogP contribution in [-0.2, 0) is 0 Å². The standard InChI is InChI=1S/C15H18N2.2C2H6/c1-16-14-11-7-6-10-13(14)15(17-2)12-8-4-3-5-9-12;2*1-2/h3-11,14,16-17H,1-2H3;2*1-2H3/b15-13-;;. The van der Waals surface area contributed by atoms with Crippen molar-refractivity contribution in [1.29, 1.82) is 0 Å². The summed E-state index contributed by atoms with van der Waals surface area (Å²) in [7, 11) is 3.95. The number of hydrogen-bond donors (Lipinski definition) is 2. The van der Waals surface area contributed by atoms with E-state index >= 15 is 0 Å². The van der Waals surface area contributed by atoms with E-state index in [2.05, 4.69) is 59.2 Å². The Labute approximate surface area is 130 Å². The fraction of sp³-hybridized carbons (Fsp3) is 0.368. The summed E-state index contributed by atoms with van der Waals surface area (Å²) >= 11 is 0. The lowest BCUT2D eigenvalue weighted by Crippen LogP contribution is -2.28. The van der Waals surface area contributed by atoms with Crippen LogP contribution in [0.3, 0.4) is 0 Å². The van der Waals surface area contributed by atoms with E-state index in [9.17, 15) is 0 Å². The molecule has 0 amide bonds. The Kier molecular flexibility index (Phi) is 11.0. The van der Waals surface area contributed by atoms with Gasteiger partial charge in [-0.15, -0.1) is 0 Å². The highest BCUT2D eigenvalue weighted by Crippen LogP contribution is 2.22. The van der Waals surface area contributed by atoms with Crippen molar-refractivity contribution in [3.05, 3.63) is 65.8 Å². The third-order valence-electron chi connectivity index (χ3n) is 2.94. The van der Waals surface area contributed by atoms with Gasteiger partial charge < -0.3 is 10.6 Å². The molecule has 2 heteroatoms. The molecule has 1 aromatic rings. The molecule has 1 atom stereocenters. The monoisotopic (exact) mass is 286 g/mol. The van der Waals surface area contributed by atoms with Crippen molar-refractivity contribution in [3.63, 3.8) is 0 Å². The smallest absolute Gasteiger partial charge is 0.0527 e. The first kappa shape index (κ1) is 19.2. The zero-order chi connectivity index (χ0) is 16.1. The molecule has 1 unspecified atom stereocenters. The Bertz CT molecular complexity index is 456. The van der Waals surface area contributed by atoms with E-state index in [1.54, 1.807) is 0 Å². The maximum Gasteiger partial charge on any atom is 0.0527 e. The number of nitrogens with one attached hydrogen (secondary N) is 2. The van der Waals surface area contributed by atoms with Crippen molar-refractivity contribution in [2.45, 2.75) is 33.7 Å². The van der Waals surface area contributed by atoms with Gasteiger partial charge in [0.25, 0.3) is 0 Å². The minimum Gasteiger partial charge on any atom is -0.387 e. The van der Waals surface area contributed by atoms with Gasteiger partial charge in [-0.2, -0.15) is 0 Å². The molecule has 0 spiro atoms. The van der Waals surface area contributed by atoms with Crippen LogP contribution in [0.2, 0.25) is 0 Å². The number of benzene rings is 1. The van der Waals surface area contributed by atoms with Crippen LogP contribution in [0.15, 0.2) is 60.2 Å². The predicted molar refractivity (Wildman–Crippen MR) is 96.2 cm³/mol. The van der Waals surface area contributed by atoms with Crippen LogP contribution in [0.5, 0.6) is 0 Å². The Balaban J connectivity index is 0.000000921. The Morgan fingerprint density at radius 3 is 2.05 bits per heavy atom. The molecule has 21 heavy (non-hydrogen) atoms. The summed E-state index contributed by atoms with van der Waals surface area (Å²) < 4.78 is 0. The van der Waals surface area contributed by atoms with Crippen LogP contribution < -0.4 is 10.6 Å². The first-order chi connectivity index (χ1) is 10.4. The number of likely N-dealkylation sites (N-methyl/N-ethyl adjacent to an activating group) is 1. The van der Waals surface area contributed by atoms with Gasteiger partial charge in [-0.1, -0.05) is 82.3 Å². The van der Waals surface area contributed by atoms with E-state index in [1.807, 2.05) is 47.9 Å². The maximum atomic E-state index is 3.31. The molecule has 116 valence electrons. The highest BCUT2D eigenvalue weighted by atomic mass is 14.9. The summed E-state index contributed by atoms with van der Waals surface area (Å²) in [4.78, 5) is 0. The molecule has 0 radical (unpaired) electrons.